The first kappa shape index (κ1) is 15.7. The first-order chi connectivity index (χ1) is 10.0. The number of amides is 1. The Hall–Kier alpha value is -1.73. The Labute approximate surface area is 123 Å². The molecule has 116 valence electrons. The van der Waals surface area contributed by atoms with Crippen molar-refractivity contribution < 1.29 is 14.3 Å². The molecule has 2 rings (SSSR count). The zero-order chi connectivity index (χ0) is 15.4. The minimum Gasteiger partial charge on any atom is -0.383 e. The molecule has 0 bridgehead atoms. The molecule has 0 saturated carbocycles. The molecular weight excluding hydrogens is 274 g/mol. The Bertz CT molecular complexity index is 547. The fraction of sp³-hybridized carbons (Fsp3) is 0.643. The second-order valence-corrected chi connectivity index (χ2v) is 5.24. The second-order valence-electron chi connectivity index (χ2n) is 5.24. The Morgan fingerprint density at radius 1 is 1.38 bits per heavy atom. The maximum atomic E-state index is 12.5. The molecule has 1 aliphatic rings. The summed E-state index contributed by atoms with van der Waals surface area (Å²) in [4.78, 5) is 25.9. The van der Waals surface area contributed by atoms with Gasteiger partial charge < -0.3 is 14.4 Å². The summed E-state index contributed by atoms with van der Waals surface area (Å²) in [6, 6.07) is 2.84. The van der Waals surface area contributed by atoms with Gasteiger partial charge in [0.05, 0.1) is 25.4 Å². The number of nitrogens with zero attached hydrogens (tertiary/aromatic N) is 3. The van der Waals surface area contributed by atoms with Crippen LogP contribution in [0, 0.1) is 0 Å². The zero-order valence-corrected chi connectivity index (χ0v) is 12.6. The molecule has 1 saturated heterocycles. The Kier molecular flexibility index (Phi) is 5.08. The van der Waals surface area contributed by atoms with Crippen LogP contribution in [0.5, 0.6) is 0 Å². The molecule has 2 heterocycles. The minimum absolute atomic E-state index is 0.00269. The number of aromatic nitrogens is 2. The van der Waals surface area contributed by atoms with E-state index in [4.69, 9.17) is 9.47 Å². The van der Waals surface area contributed by atoms with Gasteiger partial charge in [0.15, 0.2) is 0 Å². The van der Waals surface area contributed by atoms with Gasteiger partial charge in [0.1, 0.15) is 5.69 Å². The van der Waals surface area contributed by atoms with Gasteiger partial charge in [0, 0.05) is 26.3 Å². The summed E-state index contributed by atoms with van der Waals surface area (Å²) in [5.74, 6) is -0.178. The lowest BCUT2D eigenvalue weighted by Gasteiger charge is -2.35. The summed E-state index contributed by atoms with van der Waals surface area (Å²) in [5.41, 5.74) is 0.0271. The van der Waals surface area contributed by atoms with Crippen LogP contribution in [0.1, 0.15) is 24.3 Å². The van der Waals surface area contributed by atoms with Gasteiger partial charge in [0.2, 0.25) is 0 Å². The van der Waals surface area contributed by atoms with Gasteiger partial charge in [-0.3, -0.25) is 9.59 Å². The van der Waals surface area contributed by atoms with Crippen molar-refractivity contribution in [1.82, 2.24) is 14.7 Å². The molecule has 0 aliphatic carbocycles. The number of carbonyl (C=O) groups excluding carboxylic acids is 1. The fourth-order valence-electron chi connectivity index (χ4n) is 2.41. The van der Waals surface area contributed by atoms with Crippen LogP contribution in [0.3, 0.4) is 0 Å². The van der Waals surface area contributed by atoms with Gasteiger partial charge in [-0.15, -0.1) is 0 Å². The van der Waals surface area contributed by atoms with E-state index in [0.29, 0.717) is 26.2 Å². The first-order valence-corrected chi connectivity index (χ1v) is 7.03. The van der Waals surface area contributed by atoms with Crippen LogP contribution in [-0.4, -0.2) is 59.6 Å². The summed E-state index contributed by atoms with van der Waals surface area (Å²) >= 11 is 0. The number of methoxy groups -OCH3 is 1. The standard InChI is InChI=1S/C14H21N3O4/c1-10-8-16(9-11(2)21-10)14(19)12-4-5-13(18)17(15-12)6-7-20-3/h4-5,10-11H,6-9H2,1-3H3/t10-,11-/m1/s1. The number of ether oxygens (including phenoxy) is 2. The first-order valence-electron chi connectivity index (χ1n) is 7.03. The predicted octanol–water partition coefficient (Wildman–Crippen LogP) is 0.139. The van der Waals surface area contributed by atoms with Crippen molar-refractivity contribution in [1.29, 1.82) is 0 Å². The Morgan fingerprint density at radius 3 is 2.67 bits per heavy atom. The molecule has 2 atom stereocenters. The van der Waals surface area contributed by atoms with Gasteiger partial charge in [-0.2, -0.15) is 5.10 Å². The van der Waals surface area contributed by atoms with Crippen molar-refractivity contribution in [3.05, 3.63) is 28.2 Å². The normalized spacial score (nSPS) is 22.3. The monoisotopic (exact) mass is 295 g/mol. The summed E-state index contributed by atoms with van der Waals surface area (Å²) in [6.07, 6.45) is -0.00538. The molecule has 0 unspecified atom stereocenters. The van der Waals surface area contributed by atoms with Crippen molar-refractivity contribution in [3.8, 4) is 0 Å². The number of hydrogen-bond donors (Lipinski definition) is 0. The van der Waals surface area contributed by atoms with E-state index in [0.717, 1.165) is 0 Å². The maximum Gasteiger partial charge on any atom is 0.274 e. The summed E-state index contributed by atoms with van der Waals surface area (Å²) in [7, 11) is 1.55. The average molecular weight is 295 g/mol. The van der Waals surface area contributed by atoms with Crippen LogP contribution >= 0.6 is 0 Å². The molecule has 0 N–H and O–H groups in total. The molecule has 1 fully saturated rings. The van der Waals surface area contributed by atoms with Gasteiger partial charge in [0.25, 0.3) is 11.5 Å². The zero-order valence-electron chi connectivity index (χ0n) is 12.6. The third-order valence-corrected chi connectivity index (χ3v) is 3.30. The summed E-state index contributed by atoms with van der Waals surface area (Å²) in [5, 5.41) is 4.13. The molecule has 1 aliphatic heterocycles. The van der Waals surface area contributed by atoms with Gasteiger partial charge >= 0.3 is 0 Å². The predicted molar refractivity (Wildman–Crippen MR) is 76.3 cm³/mol. The molecule has 7 nitrogen and oxygen atoms in total. The fourth-order valence-corrected chi connectivity index (χ4v) is 2.41. The maximum absolute atomic E-state index is 12.5. The van der Waals surface area contributed by atoms with E-state index in [2.05, 4.69) is 5.10 Å². The van der Waals surface area contributed by atoms with E-state index in [9.17, 15) is 9.59 Å². The third-order valence-electron chi connectivity index (χ3n) is 3.30. The summed E-state index contributed by atoms with van der Waals surface area (Å²) < 4.78 is 11.8. The van der Waals surface area contributed by atoms with Crippen LogP contribution in [0.2, 0.25) is 0 Å². The van der Waals surface area contributed by atoms with E-state index in [1.165, 1.54) is 16.8 Å². The molecule has 1 amide bonds. The number of hydrogen-bond acceptors (Lipinski definition) is 5. The van der Waals surface area contributed by atoms with Crippen molar-refractivity contribution >= 4 is 5.91 Å². The lowest BCUT2D eigenvalue weighted by atomic mass is 10.2. The highest BCUT2D eigenvalue weighted by molar-refractivity contribution is 5.92. The third kappa shape index (κ3) is 3.89. The van der Waals surface area contributed by atoms with E-state index in [1.54, 1.807) is 12.0 Å². The molecule has 0 aromatic carbocycles. The highest BCUT2D eigenvalue weighted by Gasteiger charge is 2.27. The van der Waals surface area contributed by atoms with Crippen molar-refractivity contribution in [2.24, 2.45) is 0 Å². The Morgan fingerprint density at radius 2 is 2.05 bits per heavy atom. The number of carbonyl (C=O) groups is 1. The minimum atomic E-state index is -0.243. The average Bonchev–Trinajstić information content (AvgIpc) is 2.44. The molecule has 21 heavy (non-hydrogen) atoms. The van der Waals surface area contributed by atoms with Crippen molar-refractivity contribution in [2.45, 2.75) is 32.6 Å². The SMILES string of the molecule is COCCn1nc(C(=O)N2C[C@@H](C)O[C@H](C)C2)ccc1=O. The highest BCUT2D eigenvalue weighted by atomic mass is 16.5. The molecule has 1 aromatic rings. The molecule has 1 aromatic heterocycles. The van der Waals surface area contributed by atoms with E-state index in [1.807, 2.05) is 13.8 Å². The largest absolute Gasteiger partial charge is 0.383 e. The lowest BCUT2D eigenvalue weighted by molar-refractivity contribution is -0.0588. The highest BCUT2D eigenvalue weighted by Crippen LogP contribution is 2.12. The van der Waals surface area contributed by atoms with Gasteiger partial charge in [-0.1, -0.05) is 0 Å². The van der Waals surface area contributed by atoms with Gasteiger partial charge in [-0.25, -0.2) is 4.68 Å². The second kappa shape index (κ2) is 6.82. The van der Waals surface area contributed by atoms with E-state index < -0.39 is 0 Å². The number of rotatable bonds is 4. The van der Waals surface area contributed by atoms with E-state index >= 15 is 0 Å². The Balaban J connectivity index is 2.17. The molecular formula is C14H21N3O4. The topological polar surface area (TPSA) is 73.7 Å². The van der Waals surface area contributed by atoms with Crippen LogP contribution in [0.25, 0.3) is 0 Å². The van der Waals surface area contributed by atoms with Crippen molar-refractivity contribution in [2.75, 3.05) is 26.8 Å². The van der Waals surface area contributed by atoms with E-state index in [-0.39, 0.29) is 29.4 Å². The van der Waals surface area contributed by atoms with Crippen LogP contribution in [0.4, 0.5) is 0 Å². The summed E-state index contributed by atoms with van der Waals surface area (Å²) in [6.45, 7) is 5.62. The van der Waals surface area contributed by atoms with Crippen LogP contribution < -0.4 is 5.56 Å². The quantitative estimate of drug-likeness (QED) is 0.790. The lowest BCUT2D eigenvalue weighted by Crippen LogP contribution is -2.48. The molecule has 0 radical (unpaired) electrons. The van der Waals surface area contributed by atoms with Crippen LogP contribution in [-0.2, 0) is 16.0 Å². The van der Waals surface area contributed by atoms with Crippen molar-refractivity contribution in [3.63, 3.8) is 0 Å². The molecule has 0 spiro atoms. The van der Waals surface area contributed by atoms with Gasteiger partial charge in [-0.05, 0) is 19.9 Å². The smallest absolute Gasteiger partial charge is 0.274 e. The van der Waals surface area contributed by atoms with Crippen LogP contribution in [0.15, 0.2) is 16.9 Å². The molecule has 7 heteroatoms. The number of morpholine rings is 1.